The Kier molecular flexibility index (Phi) is 2.99. The van der Waals surface area contributed by atoms with Gasteiger partial charge in [0.15, 0.2) is 0 Å². The van der Waals surface area contributed by atoms with Gasteiger partial charge in [-0.25, -0.2) is 9.38 Å². The number of halogens is 1. The number of non-ortho nitro benzene ring substituents is 1. The van der Waals surface area contributed by atoms with E-state index in [0.717, 1.165) is 24.3 Å². The number of anilines is 1. The molecule has 0 saturated carbocycles. The second-order valence-corrected chi connectivity index (χ2v) is 4.96. The number of aliphatic imine (C=N–C) groups is 1. The van der Waals surface area contributed by atoms with Gasteiger partial charge in [0, 0.05) is 34.3 Å². The third-order valence-electron chi connectivity index (χ3n) is 3.51. The number of benzene rings is 2. The fraction of sp³-hybridized carbons (Fsp3) is 0.125. The van der Waals surface area contributed by atoms with Crippen LogP contribution in [0.25, 0.3) is 0 Å². The zero-order valence-corrected chi connectivity index (χ0v) is 12.0. The molecule has 1 aliphatic rings. The molecular formula is C16H12FN3O4. The topological polar surface area (TPSA) is 96.0 Å². The van der Waals surface area contributed by atoms with Gasteiger partial charge >= 0.3 is 0 Å². The molecule has 2 aromatic carbocycles. The van der Waals surface area contributed by atoms with Crippen LogP contribution < -0.4 is 4.90 Å². The number of rotatable bonds is 2. The fourth-order valence-corrected chi connectivity index (χ4v) is 2.37. The Labute approximate surface area is 140 Å². The van der Waals surface area contributed by atoms with Crippen molar-refractivity contribution in [3.63, 3.8) is 0 Å². The molecule has 1 N–H and O–H groups in total. The van der Waals surface area contributed by atoms with Crippen LogP contribution in [0.4, 0.5) is 15.8 Å². The van der Waals surface area contributed by atoms with E-state index in [1.54, 1.807) is 0 Å². The largest absolute Gasteiger partial charge is 0.364 e. The van der Waals surface area contributed by atoms with E-state index in [9.17, 15) is 24.4 Å². The molecule has 1 amide bonds. The SMILES string of the molecule is [2H][13C]([2H])([2H])N1C(=O)C(O)N=C(c2ccccc2F)c2cc([N+](=O)[O-])ccc21. The lowest BCUT2D eigenvalue weighted by atomic mass is 9.99. The lowest BCUT2D eigenvalue weighted by Gasteiger charge is -2.18. The van der Waals surface area contributed by atoms with Crippen LogP contribution in [-0.4, -0.2) is 34.9 Å². The first-order chi connectivity index (χ1) is 12.6. The molecule has 7 nitrogen and oxygen atoms in total. The first-order valence-electron chi connectivity index (χ1n) is 8.25. The van der Waals surface area contributed by atoms with Gasteiger partial charge in [-0.15, -0.1) is 0 Å². The highest BCUT2D eigenvalue weighted by molar-refractivity contribution is 6.20. The monoisotopic (exact) mass is 333 g/mol. The molecule has 122 valence electrons. The Balaban J connectivity index is 2.37. The maximum absolute atomic E-state index is 14.3. The Morgan fingerprint density at radius 2 is 2.08 bits per heavy atom. The number of amides is 1. The fourth-order valence-electron chi connectivity index (χ4n) is 2.37. The Hall–Kier alpha value is -3.13. The third-order valence-corrected chi connectivity index (χ3v) is 3.51. The highest BCUT2D eigenvalue weighted by atomic mass is 19.1. The summed E-state index contributed by atoms with van der Waals surface area (Å²) in [5.41, 5.74) is -1.22. The van der Waals surface area contributed by atoms with Crippen molar-refractivity contribution >= 4 is 23.0 Å². The van der Waals surface area contributed by atoms with Gasteiger partial charge in [0.25, 0.3) is 11.6 Å². The van der Waals surface area contributed by atoms with Gasteiger partial charge in [0.05, 0.1) is 16.3 Å². The van der Waals surface area contributed by atoms with Gasteiger partial charge in [-0.1, -0.05) is 12.1 Å². The minimum Gasteiger partial charge on any atom is -0.364 e. The van der Waals surface area contributed by atoms with Crippen LogP contribution in [0.1, 0.15) is 15.2 Å². The number of hydrogen-bond acceptors (Lipinski definition) is 5. The molecule has 1 atom stereocenters. The summed E-state index contributed by atoms with van der Waals surface area (Å²) < 4.78 is 37.1. The highest BCUT2D eigenvalue weighted by Gasteiger charge is 2.30. The Morgan fingerprint density at radius 1 is 1.33 bits per heavy atom. The number of nitro groups is 1. The first-order valence-corrected chi connectivity index (χ1v) is 6.75. The molecule has 2 aromatic rings. The van der Waals surface area contributed by atoms with Crippen molar-refractivity contribution < 1.29 is 23.3 Å². The van der Waals surface area contributed by atoms with Gasteiger partial charge in [0.2, 0.25) is 6.23 Å². The summed E-state index contributed by atoms with van der Waals surface area (Å²) in [6.07, 6.45) is -2.12. The van der Waals surface area contributed by atoms with Gasteiger partial charge < -0.3 is 10.0 Å². The molecule has 0 saturated heterocycles. The summed E-state index contributed by atoms with van der Waals surface area (Å²) in [5, 5.41) is 21.2. The molecular weight excluding hydrogens is 318 g/mol. The van der Waals surface area contributed by atoms with Crippen molar-refractivity contribution in [2.45, 2.75) is 6.23 Å². The van der Waals surface area contributed by atoms with Crippen molar-refractivity contribution in [3.8, 4) is 0 Å². The number of hydrogen-bond donors (Lipinski definition) is 1. The molecule has 0 bridgehead atoms. The number of nitrogens with zero attached hydrogens (tertiary/aromatic N) is 3. The molecule has 8 heteroatoms. The van der Waals surface area contributed by atoms with Gasteiger partial charge in [-0.3, -0.25) is 14.9 Å². The molecule has 0 aromatic heterocycles. The standard InChI is InChI=1S/C16H12FN3O4/c1-19-13-7-6-9(20(23)24)8-11(13)14(18-15(21)16(19)22)10-4-2-3-5-12(10)17/h2-8,15,21H,1H3/i1+1D3. The van der Waals surface area contributed by atoms with E-state index in [4.69, 9.17) is 4.11 Å². The van der Waals surface area contributed by atoms with E-state index in [1.807, 2.05) is 0 Å². The molecule has 1 heterocycles. The second kappa shape index (κ2) is 5.82. The number of carbonyl (C=O) groups excluding carboxylic acids is 1. The molecule has 24 heavy (non-hydrogen) atoms. The third kappa shape index (κ3) is 2.52. The lowest BCUT2D eigenvalue weighted by molar-refractivity contribution is -0.384. The van der Waals surface area contributed by atoms with Crippen molar-refractivity contribution in [1.82, 2.24) is 0 Å². The van der Waals surface area contributed by atoms with Crippen molar-refractivity contribution in [2.75, 3.05) is 11.9 Å². The van der Waals surface area contributed by atoms with Crippen LogP contribution >= 0.6 is 0 Å². The normalized spacial score (nSPS) is 19.5. The van der Waals surface area contributed by atoms with E-state index in [2.05, 4.69) is 4.99 Å². The summed E-state index contributed by atoms with van der Waals surface area (Å²) in [6, 6.07) is 8.35. The van der Waals surface area contributed by atoms with E-state index < -0.39 is 35.5 Å². The van der Waals surface area contributed by atoms with Crippen molar-refractivity contribution in [3.05, 3.63) is 69.5 Å². The predicted molar refractivity (Wildman–Crippen MR) is 84.6 cm³/mol. The summed E-state index contributed by atoms with van der Waals surface area (Å²) >= 11 is 0. The van der Waals surface area contributed by atoms with Gasteiger partial charge in [-0.05, 0) is 18.2 Å². The Morgan fingerprint density at radius 3 is 2.75 bits per heavy atom. The lowest BCUT2D eigenvalue weighted by Crippen LogP contribution is -2.34. The minimum absolute atomic E-state index is 0.140. The number of carbonyl (C=O) groups is 1. The molecule has 1 aliphatic heterocycles. The smallest absolute Gasteiger partial charge is 0.278 e. The van der Waals surface area contributed by atoms with Crippen LogP contribution in [0, 0.1) is 15.9 Å². The molecule has 0 aliphatic carbocycles. The molecule has 1 unspecified atom stereocenters. The van der Waals surface area contributed by atoms with E-state index in [-0.39, 0.29) is 22.5 Å². The van der Waals surface area contributed by atoms with Crippen molar-refractivity contribution in [1.29, 1.82) is 0 Å². The molecule has 0 radical (unpaired) electrons. The van der Waals surface area contributed by atoms with Gasteiger partial charge in [0.1, 0.15) is 5.82 Å². The van der Waals surface area contributed by atoms with Crippen LogP contribution in [0.5, 0.6) is 0 Å². The zero-order valence-electron chi connectivity index (χ0n) is 15.0. The quantitative estimate of drug-likeness (QED) is 0.515. The summed E-state index contributed by atoms with van der Waals surface area (Å²) in [6.45, 7) is -3.00. The maximum atomic E-state index is 14.3. The second-order valence-electron chi connectivity index (χ2n) is 4.96. The van der Waals surface area contributed by atoms with E-state index in [0.29, 0.717) is 4.90 Å². The number of nitro benzene ring substituents is 1. The van der Waals surface area contributed by atoms with Crippen LogP contribution in [0.3, 0.4) is 0 Å². The summed E-state index contributed by atoms with van der Waals surface area (Å²) in [5.74, 6) is -2.01. The number of aliphatic hydroxyl groups excluding tert-OH is 1. The van der Waals surface area contributed by atoms with Crippen LogP contribution in [0.2, 0.25) is 0 Å². The molecule has 0 fully saturated rings. The first kappa shape index (κ1) is 12.3. The predicted octanol–water partition coefficient (Wildman–Crippen LogP) is 1.87. The number of benzodiazepines with no additional fused rings is 1. The average Bonchev–Trinajstić information content (AvgIpc) is 2.69. The van der Waals surface area contributed by atoms with Crippen molar-refractivity contribution in [2.24, 2.45) is 4.99 Å². The van der Waals surface area contributed by atoms with Gasteiger partial charge in [-0.2, -0.15) is 0 Å². The maximum Gasteiger partial charge on any atom is 0.278 e. The Bertz CT molecular complexity index is 978. The highest BCUT2D eigenvalue weighted by Crippen LogP contribution is 2.31. The van der Waals surface area contributed by atoms with E-state index in [1.165, 1.54) is 18.2 Å². The van der Waals surface area contributed by atoms with E-state index >= 15 is 0 Å². The zero-order chi connectivity index (χ0) is 19.9. The number of aliphatic hydroxyl groups is 1. The molecule has 3 rings (SSSR count). The number of fused-ring (bicyclic) bond motifs is 1. The number of likely N-dealkylation sites (N-methyl/N-ethyl adjacent to an activating group) is 1. The van der Waals surface area contributed by atoms with Crippen LogP contribution in [0.15, 0.2) is 47.5 Å². The van der Waals surface area contributed by atoms with Crippen LogP contribution in [-0.2, 0) is 4.79 Å². The average molecular weight is 333 g/mol. The minimum atomic E-state index is -3.00. The molecule has 0 spiro atoms. The summed E-state index contributed by atoms with van der Waals surface area (Å²) in [4.78, 5) is 26.9. The summed E-state index contributed by atoms with van der Waals surface area (Å²) in [7, 11) is 0.